The zero-order valence-corrected chi connectivity index (χ0v) is 22.1. The fraction of sp³-hybridized carbons (Fsp3) is 0.577. The second-order valence-corrected chi connectivity index (χ2v) is 9.62. The number of carboxylic acid groups (broad SMARTS) is 1. The van der Waals surface area contributed by atoms with Crippen molar-refractivity contribution < 1.29 is 24.3 Å². The van der Waals surface area contributed by atoms with Crippen molar-refractivity contribution in [1.82, 2.24) is 21.3 Å². The lowest BCUT2D eigenvalue weighted by atomic mass is 9.96. The molecule has 1 aromatic carbocycles. The van der Waals surface area contributed by atoms with E-state index in [0.29, 0.717) is 19.3 Å². The van der Waals surface area contributed by atoms with Crippen molar-refractivity contribution in [3.63, 3.8) is 0 Å². The third kappa shape index (κ3) is 10.0. The Labute approximate surface area is 223 Å². The third-order valence-corrected chi connectivity index (χ3v) is 6.65. The average molecular weight is 532 g/mol. The molecule has 0 aromatic heterocycles. The second-order valence-electron chi connectivity index (χ2n) is 9.62. The van der Waals surface area contributed by atoms with E-state index in [-0.39, 0.29) is 43.2 Å². The molecule has 3 amide bonds. The van der Waals surface area contributed by atoms with Gasteiger partial charge in [-0.2, -0.15) is 0 Å². The summed E-state index contributed by atoms with van der Waals surface area (Å²) < 4.78 is 0. The number of hydrogen-bond acceptors (Lipinski definition) is 6. The molecule has 0 aliphatic carbocycles. The van der Waals surface area contributed by atoms with Gasteiger partial charge in [0.05, 0.1) is 6.04 Å². The molecule has 12 nitrogen and oxygen atoms in total. The van der Waals surface area contributed by atoms with E-state index in [9.17, 15) is 24.3 Å². The smallest absolute Gasteiger partial charge is 0.326 e. The van der Waals surface area contributed by atoms with Gasteiger partial charge in [0.15, 0.2) is 5.96 Å². The third-order valence-electron chi connectivity index (χ3n) is 6.65. The number of hydrogen-bond donors (Lipinski definition) is 7. The summed E-state index contributed by atoms with van der Waals surface area (Å²) >= 11 is 0. The molecule has 5 atom stereocenters. The van der Waals surface area contributed by atoms with E-state index in [4.69, 9.17) is 11.5 Å². The Morgan fingerprint density at radius 2 is 1.76 bits per heavy atom. The lowest BCUT2D eigenvalue weighted by Crippen LogP contribution is -2.59. The predicted octanol–water partition coefficient (Wildman–Crippen LogP) is -0.380. The molecule has 0 saturated carbocycles. The molecule has 5 unspecified atom stereocenters. The van der Waals surface area contributed by atoms with Crippen LogP contribution in [0.15, 0.2) is 35.3 Å². The summed E-state index contributed by atoms with van der Waals surface area (Å²) in [5.74, 6) is -2.88. The molecular formula is C26H41N7O5. The fourth-order valence-corrected chi connectivity index (χ4v) is 4.22. The number of carboxylic acids is 1. The quantitative estimate of drug-likeness (QED) is 0.0901. The van der Waals surface area contributed by atoms with E-state index < -0.39 is 35.9 Å². The minimum absolute atomic E-state index is 0.0989. The normalized spacial score (nSPS) is 17.9. The van der Waals surface area contributed by atoms with Crippen molar-refractivity contribution in [2.24, 2.45) is 22.4 Å². The minimum Gasteiger partial charge on any atom is -0.480 e. The van der Waals surface area contributed by atoms with E-state index in [2.05, 4.69) is 26.3 Å². The Morgan fingerprint density at radius 3 is 2.34 bits per heavy atom. The molecule has 1 heterocycles. The minimum atomic E-state index is -1.21. The van der Waals surface area contributed by atoms with Crippen molar-refractivity contribution in [3.05, 3.63) is 35.9 Å². The van der Waals surface area contributed by atoms with E-state index in [1.807, 2.05) is 44.2 Å². The van der Waals surface area contributed by atoms with Crippen LogP contribution in [0.25, 0.3) is 0 Å². The van der Waals surface area contributed by atoms with Crippen LogP contribution in [-0.4, -0.2) is 72.0 Å². The van der Waals surface area contributed by atoms with Gasteiger partial charge in [-0.25, -0.2) is 4.79 Å². The second kappa shape index (κ2) is 15.6. The Bertz CT molecular complexity index is 962. The highest BCUT2D eigenvalue weighted by Crippen LogP contribution is 2.12. The van der Waals surface area contributed by atoms with Crippen LogP contribution in [0, 0.1) is 5.92 Å². The monoisotopic (exact) mass is 531 g/mol. The summed E-state index contributed by atoms with van der Waals surface area (Å²) in [6.07, 6.45) is 2.78. The molecule has 12 heteroatoms. The number of aliphatic carboxylic acids is 1. The maximum Gasteiger partial charge on any atom is 0.326 e. The largest absolute Gasteiger partial charge is 0.480 e. The number of aliphatic imine (C=N–C) groups is 1. The lowest BCUT2D eigenvalue weighted by molar-refractivity contribution is -0.142. The number of nitrogens with one attached hydrogen (secondary N) is 4. The van der Waals surface area contributed by atoms with Crippen LogP contribution in [0.1, 0.15) is 51.5 Å². The molecule has 9 N–H and O–H groups in total. The summed E-state index contributed by atoms with van der Waals surface area (Å²) in [6.45, 7) is 4.74. The van der Waals surface area contributed by atoms with Crippen LogP contribution < -0.4 is 32.7 Å². The molecule has 38 heavy (non-hydrogen) atoms. The van der Waals surface area contributed by atoms with Gasteiger partial charge >= 0.3 is 5.97 Å². The number of carbonyl (C=O) groups excluding carboxylic acids is 3. The standard InChI is InChI=1S/C26H41N7O5/c1-3-16(2)21(33-22(34)18-11-7-13-29-18)24(36)32-20(15-17-9-5-4-6-10-17)23(35)31-19(25(37)38)12-8-14-30-26(27)28/h4-6,9-10,16,18-21,29H,3,7-8,11-15H2,1-2H3,(H,31,35)(H,32,36)(H,33,34)(H,37,38)(H4,27,28,30). The number of amides is 3. The van der Waals surface area contributed by atoms with Crippen molar-refractivity contribution in [2.75, 3.05) is 13.1 Å². The first-order valence-corrected chi connectivity index (χ1v) is 13.1. The highest BCUT2D eigenvalue weighted by Gasteiger charge is 2.33. The van der Waals surface area contributed by atoms with Gasteiger partial charge in [0, 0.05) is 13.0 Å². The molecule has 2 rings (SSSR count). The number of benzene rings is 1. The lowest BCUT2D eigenvalue weighted by Gasteiger charge is -2.28. The molecule has 1 aliphatic rings. The van der Waals surface area contributed by atoms with E-state index in [1.54, 1.807) is 0 Å². The van der Waals surface area contributed by atoms with Crippen molar-refractivity contribution >= 4 is 29.7 Å². The van der Waals surface area contributed by atoms with Crippen molar-refractivity contribution in [3.8, 4) is 0 Å². The maximum atomic E-state index is 13.4. The molecule has 1 aliphatic heterocycles. The molecule has 1 fully saturated rings. The first kappa shape index (κ1) is 30.6. The van der Waals surface area contributed by atoms with Gasteiger partial charge in [0.1, 0.15) is 18.1 Å². The Kier molecular flexibility index (Phi) is 12.5. The maximum absolute atomic E-state index is 13.4. The van der Waals surface area contributed by atoms with E-state index in [0.717, 1.165) is 18.5 Å². The molecule has 0 spiro atoms. The molecule has 0 radical (unpaired) electrons. The van der Waals surface area contributed by atoms with Crippen LogP contribution in [0.2, 0.25) is 0 Å². The fourth-order valence-electron chi connectivity index (χ4n) is 4.22. The predicted molar refractivity (Wildman–Crippen MR) is 144 cm³/mol. The molecule has 0 bridgehead atoms. The van der Waals surface area contributed by atoms with Crippen molar-refractivity contribution in [2.45, 2.75) is 76.5 Å². The molecule has 1 saturated heterocycles. The summed E-state index contributed by atoms with van der Waals surface area (Å²) in [5, 5.41) is 20.9. The number of rotatable bonds is 15. The van der Waals surface area contributed by atoms with E-state index in [1.165, 1.54) is 0 Å². The van der Waals surface area contributed by atoms with Gasteiger partial charge < -0.3 is 37.8 Å². The highest BCUT2D eigenvalue weighted by atomic mass is 16.4. The highest BCUT2D eigenvalue weighted by molar-refractivity contribution is 5.94. The summed E-state index contributed by atoms with van der Waals surface area (Å²) in [7, 11) is 0. The average Bonchev–Trinajstić information content (AvgIpc) is 3.43. The van der Waals surface area contributed by atoms with Crippen LogP contribution in [0.4, 0.5) is 0 Å². The summed E-state index contributed by atoms with van der Waals surface area (Å²) in [6, 6.07) is 5.64. The summed E-state index contributed by atoms with van der Waals surface area (Å²) in [4.78, 5) is 55.1. The number of carbonyl (C=O) groups is 4. The number of nitrogens with two attached hydrogens (primary N) is 2. The van der Waals surface area contributed by atoms with Gasteiger partial charge in [-0.3, -0.25) is 19.4 Å². The van der Waals surface area contributed by atoms with Gasteiger partial charge in [0.25, 0.3) is 0 Å². The van der Waals surface area contributed by atoms with Crippen molar-refractivity contribution in [1.29, 1.82) is 0 Å². The van der Waals surface area contributed by atoms with Gasteiger partial charge in [-0.05, 0) is 43.7 Å². The topological polar surface area (TPSA) is 201 Å². The Hall–Kier alpha value is -3.67. The van der Waals surface area contributed by atoms with Crippen LogP contribution in [0.3, 0.4) is 0 Å². The van der Waals surface area contributed by atoms with Crippen LogP contribution in [-0.2, 0) is 25.6 Å². The van der Waals surface area contributed by atoms with Gasteiger partial charge in [-0.15, -0.1) is 0 Å². The Balaban J connectivity index is 2.17. The zero-order chi connectivity index (χ0) is 28.1. The van der Waals surface area contributed by atoms with Crippen LogP contribution >= 0.6 is 0 Å². The van der Waals surface area contributed by atoms with Gasteiger partial charge in [0.2, 0.25) is 17.7 Å². The van der Waals surface area contributed by atoms with Crippen LogP contribution in [0.5, 0.6) is 0 Å². The van der Waals surface area contributed by atoms with Gasteiger partial charge in [-0.1, -0.05) is 50.6 Å². The van der Waals surface area contributed by atoms with E-state index >= 15 is 0 Å². The Morgan fingerprint density at radius 1 is 1.08 bits per heavy atom. The SMILES string of the molecule is CCC(C)C(NC(=O)C1CCCN1)C(=O)NC(Cc1ccccc1)C(=O)NC(CCCN=C(N)N)C(=O)O. The first-order valence-electron chi connectivity index (χ1n) is 13.1. The molecular weight excluding hydrogens is 490 g/mol. The molecule has 1 aromatic rings. The first-order chi connectivity index (χ1) is 18.1. The molecule has 210 valence electrons. The zero-order valence-electron chi connectivity index (χ0n) is 22.1. The number of nitrogens with zero attached hydrogens (tertiary/aromatic N) is 1. The summed E-state index contributed by atoms with van der Waals surface area (Å²) in [5.41, 5.74) is 11.4. The number of guanidine groups is 1.